The minimum Gasteiger partial charge on any atom is -0.390 e. The van der Waals surface area contributed by atoms with E-state index in [1.54, 1.807) is 4.90 Å². The van der Waals surface area contributed by atoms with Crippen molar-refractivity contribution in [3.8, 4) is 0 Å². The van der Waals surface area contributed by atoms with Crippen molar-refractivity contribution in [2.45, 2.75) is 6.10 Å². The molecule has 1 amide bonds. The number of rotatable bonds is 4. The molecule has 0 bridgehead atoms. The Kier molecular flexibility index (Phi) is 3.78. The molecule has 1 fully saturated rings. The van der Waals surface area contributed by atoms with Crippen LogP contribution in [0.5, 0.6) is 0 Å². The Morgan fingerprint density at radius 3 is 3.08 bits per heavy atom. The van der Waals surface area contributed by atoms with Crippen molar-refractivity contribution in [2.24, 2.45) is 5.18 Å². The highest BCUT2D eigenvalue weighted by Gasteiger charge is 2.18. The normalized spacial score (nSPS) is 20.8. The van der Waals surface area contributed by atoms with Crippen LogP contribution in [0, 0.1) is 4.91 Å². The summed E-state index contributed by atoms with van der Waals surface area (Å²) in [4.78, 5) is 22.5. The molecule has 1 heterocycles. The number of aliphatic hydroxyl groups excluding tert-OH is 1. The molecule has 1 atom stereocenters. The fourth-order valence-corrected chi connectivity index (χ4v) is 1.29. The minimum absolute atomic E-state index is 0.0440. The molecule has 0 aromatic heterocycles. The molecule has 6 nitrogen and oxygen atoms in total. The maximum absolute atomic E-state index is 10.9. The number of aliphatic hydroxyl groups is 1. The van der Waals surface area contributed by atoms with Crippen LogP contribution in [-0.4, -0.2) is 54.7 Å². The molecule has 0 radical (unpaired) electrons. The maximum atomic E-state index is 10.9. The smallest absolute Gasteiger partial charge is 0.234 e. The van der Waals surface area contributed by atoms with E-state index in [2.05, 4.69) is 10.5 Å². The molecule has 13 heavy (non-hydrogen) atoms. The number of piperazine rings is 1. The third-order valence-electron chi connectivity index (χ3n) is 1.87. The summed E-state index contributed by atoms with van der Waals surface area (Å²) >= 11 is 0. The first-order valence-corrected chi connectivity index (χ1v) is 4.18. The van der Waals surface area contributed by atoms with Crippen molar-refractivity contribution >= 4 is 5.91 Å². The first-order valence-electron chi connectivity index (χ1n) is 4.18. The minimum atomic E-state index is -0.761. The van der Waals surface area contributed by atoms with Gasteiger partial charge in [0.2, 0.25) is 5.91 Å². The van der Waals surface area contributed by atoms with E-state index in [0.717, 1.165) is 0 Å². The van der Waals surface area contributed by atoms with E-state index in [4.69, 9.17) is 0 Å². The summed E-state index contributed by atoms with van der Waals surface area (Å²) in [6, 6.07) is 0. The fraction of sp³-hybridized carbons (Fsp3) is 0.857. The topological polar surface area (TPSA) is 82.0 Å². The predicted molar refractivity (Wildman–Crippen MR) is 46.1 cm³/mol. The highest BCUT2D eigenvalue weighted by molar-refractivity contribution is 5.78. The van der Waals surface area contributed by atoms with Gasteiger partial charge in [0.1, 0.15) is 6.54 Å². The molecule has 74 valence electrons. The van der Waals surface area contributed by atoms with E-state index >= 15 is 0 Å². The zero-order valence-corrected chi connectivity index (χ0v) is 7.27. The number of nitroso groups, excluding NO2 is 1. The van der Waals surface area contributed by atoms with Crippen molar-refractivity contribution < 1.29 is 9.90 Å². The number of hydrogen-bond acceptors (Lipinski definition) is 5. The second-order valence-corrected chi connectivity index (χ2v) is 3.05. The lowest BCUT2D eigenvalue weighted by molar-refractivity contribution is -0.124. The highest BCUT2D eigenvalue weighted by atomic mass is 16.3. The molecule has 0 aromatic carbocycles. The van der Waals surface area contributed by atoms with Gasteiger partial charge in [0.15, 0.2) is 0 Å². The Hall–Kier alpha value is -1.01. The van der Waals surface area contributed by atoms with E-state index < -0.39 is 6.10 Å². The van der Waals surface area contributed by atoms with Gasteiger partial charge in [0.25, 0.3) is 0 Å². The summed E-state index contributed by atoms with van der Waals surface area (Å²) in [5.74, 6) is -0.0440. The van der Waals surface area contributed by atoms with Crippen molar-refractivity contribution in [2.75, 3.05) is 32.7 Å². The first-order chi connectivity index (χ1) is 6.22. The third kappa shape index (κ3) is 3.47. The molecule has 1 aliphatic heterocycles. The number of amides is 1. The lowest BCUT2D eigenvalue weighted by Gasteiger charge is -2.27. The zero-order valence-electron chi connectivity index (χ0n) is 7.27. The molecular weight excluding hydrogens is 174 g/mol. The van der Waals surface area contributed by atoms with E-state index in [0.29, 0.717) is 19.6 Å². The molecule has 2 N–H and O–H groups in total. The lowest BCUT2D eigenvalue weighted by Crippen LogP contribution is -2.50. The molecule has 0 saturated carbocycles. The molecule has 1 rings (SSSR count). The van der Waals surface area contributed by atoms with Gasteiger partial charge in [-0.2, -0.15) is 4.91 Å². The molecule has 1 aliphatic rings. The Balaban J connectivity index is 2.26. The molecular formula is C7H13N3O3. The van der Waals surface area contributed by atoms with Crippen LogP contribution in [-0.2, 0) is 4.79 Å². The van der Waals surface area contributed by atoms with Gasteiger partial charge < -0.3 is 10.4 Å². The van der Waals surface area contributed by atoms with Crippen LogP contribution >= 0.6 is 0 Å². The van der Waals surface area contributed by atoms with Crippen molar-refractivity contribution in [1.82, 2.24) is 10.2 Å². The monoisotopic (exact) mass is 187 g/mol. The van der Waals surface area contributed by atoms with Crippen LogP contribution in [0.4, 0.5) is 0 Å². The summed E-state index contributed by atoms with van der Waals surface area (Å²) in [5.41, 5.74) is 0. The van der Waals surface area contributed by atoms with E-state index in [1.807, 2.05) is 0 Å². The Bertz CT molecular complexity index is 197. The largest absolute Gasteiger partial charge is 0.390 e. The molecule has 1 saturated heterocycles. The second-order valence-electron chi connectivity index (χ2n) is 3.05. The van der Waals surface area contributed by atoms with Gasteiger partial charge >= 0.3 is 0 Å². The maximum Gasteiger partial charge on any atom is 0.234 e. The van der Waals surface area contributed by atoms with E-state index in [1.165, 1.54) is 0 Å². The van der Waals surface area contributed by atoms with Gasteiger partial charge in [-0.15, -0.1) is 0 Å². The molecule has 0 spiro atoms. The van der Waals surface area contributed by atoms with Gasteiger partial charge in [-0.25, -0.2) is 0 Å². The SMILES string of the molecule is O=NCC(O)CN1CCNC(=O)C1. The number of β-amino-alcohol motifs (C(OH)–C–C–N with tert-alkyl or cyclic N) is 1. The van der Waals surface area contributed by atoms with Gasteiger partial charge in [0, 0.05) is 19.6 Å². The van der Waals surface area contributed by atoms with Crippen LogP contribution in [0.3, 0.4) is 0 Å². The average Bonchev–Trinajstić information content (AvgIpc) is 2.04. The zero-order chi connectivity index (χ0) is 9.68. The van der Waals surface area contributed by atoms with E-state index in [-0.39, 0.29) is 19.0 Å². The molecule has 1 unspecified atom stereocenters. The Labute approximate surface area is 75.9 Å². The fourth-order valence-electron chi connectivity index (χ4n) is 1.29. The summed E-state index contributed by atoms with van der Waals surface area (Å²) in [6.07, 6.45) is -0.761. The van der Waals surface area contributed by atoms with Crippen LogP contribution in [0.15, 0.2) is 5.18 Å². The first kappa shape index (κ1) is 10.1. The van der Waals surface area contributed by atoms with Crippen LogP contribution < -0.4 is 5.32 Å². The average molecular weight is 187 g/mol. The van der Waals surface area contributed by atoms with Gasteiger partial charge in [-0.3, -0.25) is 9.69 Å². The summed E-state index contributed by atoms with van der Waals surface area (Å²) in [5, 5.41) is 14.5. The van der Waals surface area contributed by atoms with Crippen molar-refractivity contribution in [1.29, 1.82) is 0 Å². The summed E-state index contributed by atoms with van der Waals surface area (Å²) in [7, 11) is 0. The standard InChI is InChI=1S/C7H13N3O3/c11-6(3-9-13)4-10-2-1-8-7(12)5-10/h6,11H,1-5H2,(H,8,12). The summed E-state index contributed by atoms with van der Waals surface area (Å²) < 4.78 is 0. The predicted octanol–water partition coefficient (Wildman–Crippen LogP) is -1.45. The van der Waals surface area contributed by atoms with Gasteiger partial charge in [0.05, 0.1) is 12.6 Å². The number of carbonyl (C=O) groups excluding carboxylic acids is 1. The molecule has 6 heteroatoms. The quantitative estimate of drug-likeness (QED) is 0.527. The van der Waals surface area contributed by atoms with Crippen molar-refractivity contribution in [3.05, 3.63) is 4.91 Å². The third-order valence-corrected chi connectivity index (χ3v) is 1.87. The van der Waals surface area contributed by atoms with Crippen molar-refractivity contribution in [3.63, 3.8) is 0 Å². The highest BCUT2D eigenvalue weighted by Crippen LogP contribution is 1.96. The lowest BCUT2D eigenvalue weighted by atomic mass is 10.3. The number of hydrogen-bond donors (Lipinski definition) is 2. The molecule has 0 aliphatic carbocycles. The Morgan fingerprint density at radius 1 is 1.69 bits per heavy atom. The second kappa shape index (κ2) is 4.88. The number of carbonyl (C=O) groups is 1. The number of nitrogens with one attached hydrogen (secondary N) is 1. The Morgan fingerprint density at radius 2 is 2.46 bits per heavy atom. The van der Waals surface area contributed by atoms with Crippen LogP contribution in [0.1, 0.15) is 0 Å². The van der Waals surface area contributed by atoms with Gasteiger partial charge in [-0.1, -0.05) is 5.18 Å². The van der Waals surface area contributed by atoms with Gasteiger partial charge in [-0.05, 0) is 0 Å². The van der Waals surface area contributed by atoms with Crippen LogP contribution in [0.25, 0.3) is 0 Å². The van der Waals surface area contributed by atoms with Crippen LogP contribution in [0.2, 0.25) is 0 Å². The summed E-state index contributed by atoms with van der Waals surface area (Å²) in [6.45, 7) is 1.81. The number of nitrogens with zero attached hydrogens (tertiary/aromatic N) is 2. The molecule has 0 aromatic rings. The van der Waals surface area contributed by atoms with E-state index in [9.17, 15) is 14.8 Å².